The number of nitrogens with zero attached hydrogens (tertiary/aromatic N) is 4. The van der Waals surface area contributed by atoms with Gasteiger partial charge in [-0.2, -0.15) is 0 Å². The van der Waals surface area contributed by atoms with Crippen LogP contribution in [0.1, 0.15) is 58.9 Å². The van der Waals surface area contributed by atoms with Crippen molar-refractivity contribution < 1.29 is 52.6 Å². The molecule has 4 heterocycles. The minimum atomic E-state index is -2.63. The molecule has 20 heteroatoms. The lowest BCUT2D eigenvalue weighted by atomic mass is 9.95. The van der Waals surface area contributed by atoms with Gasteiger partial charge in [-0.15, -0.1) is 23.2 Å². The second kappa shape index (κ2) is 22.8. The van der Waals surface area contributed by atoms with E-state index in [-0.39, 0.29) is 29.5 Å². The fourth-order valence-electron chi connectivity index (χ4n) is 8.41. The Bertz CT molecular complexity index is 2570. The summed E-state index contributed by atoms with van der Waals surface area (Å²) in [4.78, 5) is 102. The van der Waals surface area contributed by atoms with Gasteiger partial charge in [-0.1, -0.05) is 55.0 Å². The number of aryl methyl sites for hydroxylation is 1. The molecule has 0 saturated carbocycles. The van der Waals surface area contributed by atoms with Gasteiger partial charge < -0.3 is 48.3 Å². The van der Waals surface area contributed by atoms with Crippen molar-refractivity contribution in [2.75, 3.05) is 48.2 Å². The molecule has 0 spiro atoms. The summed E-state index contributed by atoms with van der Waals surface area (Å²) in [6.45, 7) is 4.03. The molecule has 1 aromatic heterocycles. The van der Waals surface area contributed by atoms with Crippen molar-refractivity contribution in [1.82, 2.24) is 14.8 Å². The summed E-state index contributed by atoms with van der Waals surface area (Å²) in [5.74, 6) is 0.258. The third kappa shape index (κ3) is 11.3. The van der Waals surface area contributed by atoms with Gasteiger partial charge in [-0.25, -0.2) is 0 Å². The largest absolute Gasteiger partial charge is 0.426 e. The van der Waals surface area contributed by atoms with E-state index < -0.39 is 17.2 Å². The van der Waals surface area contributed by atoms with Gasteiger partial charge in [-0.3, -0.25) is 28.9 Å². The molecule has 3 aliphatic rings. The van der Waals surface area contributed by atoms with Crippen LogP contribution in [-0.4, -0.2) is 97.5 Å². The van der Waals surface area contributed by atoms with Crippen molar-refractivity contribution in [3.8, 4) is 11.5 Å². The molecule has 344 valence electrons. The predicted octanol–water partition coefficient (Wildman–Crippen LogP) is 6.93. The Morgan fingerprint density at radius 3 is 2.03 bits per heavy atom. The highest BCUT2D eigenvalue weighted by Gasteiger charge is 2.33. The van der Waals surface area contributed by atoms with Gasteiger partial charge >= 0.3 is 17.2 Å². The number of halogens is 2. The Hall–Kier alpha value is -5.15. The molecule has 1 atom stereocenters. The first-order valence-electron chi connectivity index (χ1n) is 20.7. The zero-order chi connectivity index (χ0) is 46.8. The van der Waals surface area contributed by atoms with Gasteiger partial charge in [0.05, 0.1) is 11.4 Å². The van der Waals surface area contributed by atoms with E-state index in [1.165, 1.54) is 23.4 Å². The van der Waals surface area contributed by atoms with Crippen LogP contribution >= 0.6 is 40.4 Å². The Balaban J connectivity index is 0.000000254. The first-order valence-corrected chi connectivity index (χ1v) is 24.3. The molecule has 65 heavy (non-hydrogen) atoms. The van der Waals surface area contributed by atoms with Gasteiger partial charge in [0.15, 0.2) is 0 Å². The molecule has 5 aromatic rings. The maximum atomic E-state index is 13.8. The maximum Gasteiger partial charge on any atom is 0.391 e. The number of rotatable bonds is 16. The lowest BCUT2D eigenvalue weighted by Gasteiger charge is -2.21. The molecule has 0 aliphatic carbocycles. The summed E-state index contributed by atoms with van der Waals surface area (Å²) in [5, 5.41) is 6.26. The fourth-order valence-corrected chi connectivity index (χ4v) is 9.32. The number of carbonyl (C=O) groups excluding carboxylic acids is 5. The second-order valence-electron chi connectivity index (χ2n) is 15.1. The first-order chi connectivity index (χ1) is 31.4. The number of hydrogen-bond donors (Lipinski definition) is 5. The van der Waals surface area contributed by atoms with Crippen LogP contribution in [0.15, 0.2) is 84.9 Å². The number of anilines is 2. The highest BCUT2D eigenvalue weighted by Crippen LogP contribution is 2.47. The molecule has 5 amide bonds. The van der Waals surface area contributed by atoms with E-state index in [4.69, 9.17) is 30.4 Å². The van der Waals surface area contributed by atoms with E-state index >= 15 is 0 Å². The van der Waals surface area contributed by atoms with E-state index in [1.54, 1.807) is 28.0 Å². The predicted molar refractivity (Wildman–Crippen MR) is 252 cm³/mol. The average molecular weight is 969 g/mol. The molecule has 3 aliphatic heterocycles. The van der Waals surface area contributed by atoms with Crippen LogP contribution in [0.25, 0.3) is 21.5 Å². The number of aromatic nitrogens is 1. The monoisotopic (exact) mass is 967 g/mol. The van der Waals surface area contributed by atoms with Crippen molar-refractivity contribution in [2.24, 2.45) is 0 Å². The lowest BCUT2D eigenvalue weighted by molar-refractivity contribution is -0.137. The SMILES string of the molecule is CCl.Cc1ccc(C(=O)N2CCc3c2cc(OP(O)O)c2ccccc32)n1CCNC(=O)CCCCCN1C(=O)C=CC1=O.O=CN1CC(CCl)c2c1cc(OP(O)O)c1ccccc21. The summed E-state index contributed by atoms with van der Waals surface area (Å²) >= 11 is 10.7. The molecule has 0 bridgehead atoms. The van der Waals surface area contributed by atoms with Crippen LogP contribution in [0.5, 0.6) is 11.5 Å². The number of alkyl halides is 2. The summed E-state index contributed by atoms with van der Waals surface area (Å²) in [5.41, 5.74) is 4.78. The zero-order valence-electron chi connectivity index (χ0n) is 35.6. The van der Waals surface area contributed by atoms with Crippen molar-refractivity contribution in [1.29, 1.82) is 0 Å². The number of imide groups is 1. The molecule has 0 fully saturated rings. The summed E-state index contributed by atoms with van der Waals surface area (Å²) in [7, 11) is -5.15. The van der Waals surface area contributed by atoms with Crippen LogP contribution < -0.4 is 24.2 Å². The van der Waals surface area contributed by atoms with Crippen LogP contribution in [0.3, 0.4) is 0 Å². The number of benzene rings is 4. The standard InChI is InChI=1S/C30H33N4O7P.C14H13ClNO4P.CH3Cl/c1-20-10-11-24(32(20)18-15-31-27(35)9-3-2-6-16-34-28(36)12-13-29(34)37)30(38)33-17-14-22-21-7-4-5-8-23(21)26(19-25(22)33)41-42(39)40;15-6-9-7-16(8-17)12-5-13(20-21(18)19)10-3-1-2-4-11(10)14(9)12;1-2/h4-5,7-8,10-13,19,39-40H,2-3,6,9,14-18H2,1H3,(H,31,35);1-5,8-9,18-19H,6-7H2;1H3. The molecule has 0 radical (unpaired) electrons. The maximum absolute atomic E-state index is 13.8. The van der Waals surface area contributed by atoms with Crippen LogP contribution in [0, 0.1) is 6.92 Å². The molecular weight excluding hydrogens is 919 g/mol. The van der Waals surface area contributed by atoms with Crippen molar-refractivity contribution in [2.45, 2.75) is 51.5 Å². The number of nitrogens with one attached hydrogen (secondary N) is 1. The van der Waals surface area contributed by atoms with Crippen LogP contribution in [0.2, 0.25) is 0 Å². The molecule has 5 N–H and O–H groups in total. The lowest BCUT2D eigenvalue weighted by Crippen LogP contribution is -2.33. The molecule has 1 unspecified atom stereocenters. The zero-order valence-corrected chi connectivity index (χ0v) is 38.9. The van der Waals surface area contributed by atoms with E-state index in [0.717, 1.165) is 51.2 Å². The number of fused-ring (bicyclic) bond motifs is 6. The highest BCUT2D eigenvalue weighted by atomic mass is 35.5. The van der Waals surface area contributed by atoms with E-state index in [1.807, 2.05) is 66.1 Å². The highest BCUT2D eigenvalue weighted by molar-refractivity contribution is 7.40. The first kappa shape index (κ1) is 49.3. The molecular formula is C45H49Cl2N5O11P2. The number of carbonyl (C=O) groups is 5. The Labute approximate surface area is 387 Å². The quantitative estimate of drug-likeness (QED) is 0.0225. The smallest absolute Gasteiger partial charge is 0.391 e. The number of hydrogen-bond acceptors (Lipinski definition) is 11. The van der Waals surface area contributed by atoms with Gasteiger partial charge in [0.1, 0.15) is 17.2 Å². The Morgan fingerprint density at radius 2 is 1.42 bits per heavy atom. The van der Waals surface area contributed by atoms with Gasteiger partial charge in [0.2, 0.25) is 12.3 Å². The van der Waals surface area contributed by atoms with Crippen molar-refractivity contribution in [3.63, 3.8) is 0 Å². The van der Waals surface area contributed by atoms with Crippen LogP contribution in [0.4, 0.5) is 11.4 Å². The minimum Gasteiger partial charge on any atom is -0.426 e. The second-order valence-corrected chi connectivity index (χ2v) is 16.8. The van der Waals surface area contributed by atoms with Gasteiger partial charge in [0, 0.05) is 98.1 Å². The molecule has 8 rings (SSSR count). The summed E-state index contributed by atoms with van der Waals surface area (Å²) in [6, 6.07) is 22.1. The molecule has 16 nitrogen and oxygen atoms in total. The van der Waals surface area contributed by atoms with E-state index in [9.17, 15) is 33.8 Å². The van der Waals surface area contributed by atoms with Crippen molar-refractivity contribution >= 4 is 103 Å². The Kier molecular flexibility index (Phi) is 17.3. The summed E-state index contributed by atoms with van der Waals surface area (Å²) < 4.78 is 12.3. The normalized spacial score (nSPS) is 15.0. The third-order valence-corrected chi connectivity index (χ3v) is 12.4. The molecule has 4 aromatic carbocycles. The van der Waals surface area contributed by atoms with Gasteiger partial charge in [0.25, 0.3) is 17.7 Å². The van der Waals surface area contributed by atoms with Crippen molar-refractivity contribution in [3.05, 3.63) is 107 Å². The van der Waals surface area contributed by atoms with Gasteiger partial charge in [-0.05, 0) is 60.2 Å². The number of amides is 5. The van der Waals surface area contributed by atoms with Crippen LogP contribution in [-0.2, 0) is 32.1 Å². The third-order valence-electron chi connectivity index (χ3n) is 11.3. The topological polar surface area (TPSA) is 211 Å². The Morgan fingerprint density at radius 1 is 0.815 bits per heavy atom. The van der Waals surface area contributed by atoms with E-state index in [2.05, 4.69) is 16.9 Å². The molecule has 0 saturated heterocycles. The minimum absolute atomic E-state index is 0.0515. The fraction of sp³-hybridized carbons (Fsp3) is 0.311. The average Bonchev–Trinajstić information content (AvgIpc) is 4.08. The summed E-state index contributed by atoms with van der Waals surface area (Å²) in [6.07, 6.45) is 7.76. The van der Waals surface area contributed by atoms with E-state index in [0.29, 0.717) is 92.9 Å². The number of unbranched alkanes of at least 4 members (excludes halogenated alkanes) is 2.